The molecular formula is C11H19NO. The zero-order valence-corrected chi connectivity index (χ0v) is 9.00. The largest absolute Gasteiger partial charge is 0.334 e. The molecule has 74 valence electrons. The van der Waals surface area contributed by atoms with E-state index in [0.29, 0.717) is 12.1 Å². The van der Waals surface area contributed by atoms with E-state index in [4.69, 9.17) is 0 Å². The maximum Gasteiger partial charge on any atom is 0.246 e. The number of carbonyl (C=O) groups is 1. The van der Waals surface area contributed by atoms with E-state index in [1.807, 2.05) is 18.7 Å². The Morgan fingerprint density at radius 2 is 1.69 bits per heavy atom. The summed E-state index contributed by atoms with van der Waals surface area (Å²) in [4.78, 5) is 13.7. The Labute approximate surface area is 80.6 Å². The van der Waals surface area contributed by atoms with Crippen molar-refractivity contribution in [3.63, 3.8) is 0 Å². The molecule has 0 aromatic heterocycles. The number of nitrogens with zero attached hydrogens (tertiary/aromatic N) is 1. The van der Waals surface area contributed by atoms with Crippen LogP contribution in [0.4, 0.5) is 0 Å². The van der Waals surface area contributed by atoms with Crippen molar-refractivity contribution < 1.29 is 4.79 Å². The molecule has 1 amide bonds. The molecule has 1 rings (SSSR count). The number of rotatable bonds is 1. The van der Waals surface area contributed by atoms with Gasteiger partial charge in [0, 0.05) is 18.2 Å². The van der Waals surface area contributed by atoms with Gasteiger partial charge < -0.3 is 4.90 Å². The summed E-state index contributed by atoms with van der Waals surface area (Å²) >= 11 is 0. The van der Waals surface area contributed by atoms with Crippen LogP contribution in [0.15, 0.2) is 11.6 Å². The normalized spacial score (nSPS) is 27.5. The molecule has 1 saturated heterocycles. The van der Waals surface area contributed by atoms with Gasteiger partial charge in [0.05, 0.1) is 0 Å². The highest BCUT2D eigenvalue weighted by atomic mass is 16.2. The first-order chi connectivity index (χ1) is 6.02. The summed E-state index contributed by atoms with van der Waals surface area (Å²) in [5.41, 5.74) is 1.08. The molecule has 0 saturated carbocycles. The monoisotopic (exact) mass is 181 g/mol. The van der Waals surface area contributed by atoms with E-state index in [9.17, 15) is 4.79 Å². The topological polar surface area (TPSA) is 20.3 Å². The highest BCUT2D eigenvalue weighted by Crippen LogP contribution is 2.23. The molecule has 2 atom stereocenters. The van der Waals surface area contributed by atoms with Crippen LogP contribution in [0.25, 0.3) is 0 Å². The fraction of sp³-hybridized carbons (Fsp3) is 0.727. The van der Waals surface area contributed by atoms with Crippen molar-refractivity contribution in [3.8, 4) is 0 Å². The maximum absolute atomic E-state index is 11.7. The molecule has 1 aliphatic rings. The second-order valence-corrected chi connectivity index (χ2v) is 4.24. The Morgan fingerprint density at radius 3 is 2.08 bits per heavy atom. The van der Waals surface area contributed by atoms with Gasteiger partial charge in [0.1, 0.15) is 0 Å². The highest BCUT2D eigenvalue weighted by molar-refractivity contribution is 5.88. The van der Waals surface area contributed by atoms with Gasteiger partial charge in [-0.2, -0.15) is 0 Å². The molecule has 0 aromatic rings. The van der Waals surface area contributed by atoms with Crippen molar-refractivity contribution in [1.29, 1.82) is 0 Å². The van der Waals surface area contributed by atoms with E-state index in [0.717, 1.165) is 18.4 Å². The zero-order chi connectivity index (χ0) is 10.0. The van der Waals surface area contributed by atoms with Gasteiger partial charge in [0.25, 0.3) is 0 Å². The zero-order valence-electron chi connectivity index (χ0n) is 9.00. The highest BCUT2D eigenvalue weighted by Gasteiger charge is 2.29. The summed E-state index contributed by atoms with van der Waals surface area (Å²) in [6.45, 7) is 8.17. The first kappa shape index (κ1) is 10.3. The van der Waals surface area contributed by atoms with Crippen LogP contribution >= 0.6 is 0 Å². The van der Waals surface area contributed by atoms with Crippen LogP contribution in [-0.4, -0.2) is 22.9 Å². The minimum absolute atomic E-state index is 0.178. The lowest BCUT2D eigenvalue weighted by molar-refractivity contribution is -0.128. The smallest absolute Gasteiger partial charge is 0.246 e. The van der Waals surface area contributed by atoms with Gasteiger partial charge in [-0.15, -0.1) is 0 Å². The summed E-state index contributed by atoms with van der Waals surface area (Å²) in [6.07, 6.45) is 4.02. The Hall–Kier alpha value is -0.790. The van der Waals surface area contributed by atoms with Crippen LogP contribution in [0.1, 0.15) is 40.5 Å². The minimum atomic E-state index is 0.178. The van der Waals surface area contributed by atoms with Crippen molar-refractivity contribution in [3.05, 3.63) is 11.6 Å². The number of hydrogen-bond acceptors (Lipinski definition) is 1. The van der Waals surface area contributed by atoms with Crippen LogP contribution in [-0.2, 0) is 4.79 Å². The van der Waals surface area contributed by atoms with Gasteiger partial charge in [-0.25, -0.2) is 0 Å². The molecule has 0 aliphatic carbocycles. The number of amides is 1. The van der Waals surface area contributed by atoms with Gasteiger partial charge in [-0.05, 0) is 40.5 Å². The van der Waals surface area contributed by atoms with Gasteiger partial charge in [0.15, 0.2) is 0 Å². The molecule has 1 aliphatic heterocycles. The molecule has 0 bridgehead atoms. The van der Waals surface area contributed by atoms with E-state index >= 15 is 0 Å². The van der Waals surface area contributed by atoms with Crippen LogP contribution < -0.4 is 0 Å². The molecule has 0 aromatic carbocycles. The lowest BCUT2D eigenvalue weighted by Crippen LogP contribution is -2.37. The summed E-state index contributed by atoms with van der Waals surface area (Å²) in [5, 5.41) is 0. The molecule has 2 heteroatoms. The van der Waals surface area contributed by atoms with E-state index in [1.54, 1.807) is 6.08 Å². The van der Waals surface area contributed by atoms with Crippen molar-refractivity contribution in [2.24, 2.45) is 0 Å². The standard InChI is InChI=1S/C11H19NO/c1-8(2)7-11(13)12-9(3)5-6-10(12)4/h7,9-10H,5-6H2,1-4H3. The van der Waals surface area contributed by atoms with Crippen molar-refractivity contribution >= 4 is 5.91 Å². The van der Waals surface area contributed by atoms with Crippen LogP contribution in [0.3, 0.4) is 0 Å². The number of hydrogen-bond donors (Lipinski definition) is 0. The van der Waals surface area contributed by atoms with E-state index in [2.05, 4.69) is 13.8 Å². The molecule has 2 unspecified atom stereocenters. The molecule has 0 spiro atoms. The van der Waals surface area contributed by atoms with E-state index in [1.165, 1.54) is 0 Å². The lowest BCUT2D eigenvalue weighted by Gasteiger charge is -2.24. The third kappa shape index (κ3) is 2.33. The third-order valence-corrected chi connectivity index (χ3v) is 2.62. The quantitative estimate of drug-likeness (QED) is 0.569. The van der Waals surface area contributed by atoms with Crippen molar-refractivity contribution in [2.75, 3.05) is 0 Å². The fourth-order valence-electron chi connectivity index (χ4n) is 1.95. The predicted octanol–water partition coefficient (Wildman–Crippen LogP) is 2.35. The summed E-state index contributed by atoms with van der Waals surface area (Å²) in [6, 6.07) is 0.830. The Morgan fingerprint density at radius 1 is 1.23 bits per heavy atom. The van der Waals surface area contributed by atoms with Crippen molar-refractivity contribution in [1.82, 2.24) is 4.90 Å². The first-order valence-electron chi connectivity index (χ1n) is 4.99. The third-order valence-electron chi connectivity index (χ3n) is 2.62. The first-order valence-corrected chi connectivity index (χ1v) is 4.99. The second kappa shape index (κ2) is 3.95. The predicted molar refractivity (Wildman–Crippen MR) is 54.4 cm³/mol. The molecule has 0 N–H and O–H groups in total. The van der Waals surface area contributed by atoms with Crippen molar-refractivity contribution in [2.45, 2.75) is 52.6 Å². The van der Waals surface area contributed by atoms with Gasteiger partial charge in [0.2, 0.25) is 5.91 Å². The van der Waals surface area contributed by atoms with Crippen LogP contribution in [0.5, 0.6) is 0 Å². The molecule has 0 radical (unpaired) electrons. The minimum Gasteiger partial charge on any atom is -0.334 e. The Balaban J connectivity index is 2.70. The molecule has 1 heterocycles. The Kier molecular flexibility index (Phi) is 3.12. The Bertz CT molecular complexity index is 218. The number of allylic oxidation sites excluding steroid dienone is 1. The van der Waals surface area contributed by atoms with Crippen LogP contribution in [0, 0.1) is 0 Å². The maximum atomic E-state index is 11.7. The average molecular weight is 181 g/mol. The van der Waals surface area contributed by atoms with Gasteiger partial charge in [-0.3, -0.25) is 4.79 Å². The van der Waals surface area contributed by atoms with E-state index in [-0.39, 0.29) is 5.91 Å². The summed E-state index contributed by atoms with van der Waals surface area (Å²) in [7, 11) is 0. The van der Waals surface area contributed by atoms with Gasteiger partial charge in [-0.1, -0.05) is 5.57 Å². The molecule has 13 heavy (non-hydrogen) atoms. The average Bonchev–Trinajstić information content (AvgIpc) is 2.29. The second-order valence-electron chi connectivity index (χ2n) is 4.24. The fourth-order valence-corrected chi connectivity index (χ4v) is 1.95. The summed E-state index contributed by atoms with van der Waals surface area (Å²) in [5.74, 6) is 0.178. The molecule has 2 nitrogen and oxygen atoms in total. The SMILES string of the molecule is CC(C)=CC(=O)N1C(C)CCC1C. The van der Waals surface area contributed by atoms with Crippen LogP contribution in [0.2, 0.25) is 0 Å². The van der Waals surface area contributed by atoms with Gasteiger partial charge >= 0.3 is 0 Å². The number of carbonyl (C=O) groups excluding carboxylic acids is 1. The van der Waals surface area contributed by atoms with E-state index < -0.39 is 0 Å². The molecular weight excluding hydrogens is 162 g/mol. The lowest BCUT2D eigenvalue weighted by atomic mass is 10.2. The summed E-state index contributed by atoms with van der Waals surface area (Å²) < 4.78 is 0. The number of likely N-dealkylation sites (tertiary alicyclic amines) is 1. The molecule has 1 fully saturated rings.